The standard InChI is InChI=1S/C19H13ClF3NO4/c1-10(25)12-7-16-17(28-9-27-16)8-15(12)24-18(26)5-3-11-2-4-14(20)13(6-11)19(21,22)23/h2-8H,9H2,1H3,(H,24,26)/b5-3+. The number of hydrogen-bond donors (Lipinski definition) is 1. The van der Waals surface area contributed by atoms with Crippen molar-refractivity contribution in [3.05, 3.63) is 58.1 Å². The molecule has 28 heavy (non-hydrogen) atoms. The third-order valence-corrected chi connectivity index (χ3v) is 4.20. The zero-order chi connectivity index (χ0) is 20.5. The number of fused-ring (bicyclic) bond motifs is 1. The average Bonchev–Trinajstić information content (AvgIpc) is 3.06. The van der Waals surface area contributed by atoms with Gasteiger partial charge in [-0.3, -0.25) is 9.59 Å². The Kier molecular flexibility index (Phi) is 5.33. The van der Waals surface area contributed by atoms with Crippen LogP contribution < -0.4 is 14.8 Å². The van der Waals surface area contributed by atoms with Crippen molar-refractivity contribution in [2.45, 2.75) is 13.1 Å². The van der Waals surface area contributed by atoms with Crippen molar-refractivity contribution in [3.63, 3.8) is 0 Å². The maximum Gasteiger partial charge on any atom is 0.417 e. The molecule has 0 unspecified atom stereocenters. The topological polar surface area (TPSA) is 64.6 Å². The van der Waals surface area contributed by atoms with Crippen molar-refractivity contribution in [1.82, 2.24) is 0 Å². The number of anilines is 1. The van der Waals surface area contributed by atoms with Crippen molar-refractivity contribution in [2.75, 3.05) is 12.1 Å². The molecule has 0 saturated carbocycles. The Morgan fingerprint density at radius 3 is 2.46 bits per heavy atom. The van der Waals surface area contributed by atoms with E-state index in [9.17, 15) is 22.8 Å². The highest BCUT2D eigenvalue weighted by Crippen LogP contribution is 2.37. The van der Waals surface area contributed by atoms with Crippen LogP contribution >= 0.6 is 11.6 Å². The lowest BCUT2D eigenvalue weighted by Crippen LogP contribution is -2.11. The molecule has 0 radical (unpaired) electrons. The van der Waals surface area contributed by atoms with Gasteiger partial charge in [0.25, 0.3) is 0 Å². The molecule has 5 nitrogen and oxygen atoms in total. The Morgan fingerprint density at radius 2 is 1.82 bits per heavy atom. The molecule has 0 spiro atoms. The van der Waals surface area contributed by atoms with Gasteiger partial charge in [-0.1, -0.05) is 17.7 Å². The van der Waals surface area contributed by atoms with Gasteiger partial charge in [-0.2, -0.15) is 13.2 Å². The lowest BCUT2D eigenvalue weighted by atomic mass is 10.1. The maximum absolute atomic E-state index is 12.9. The minimum Gasteiger partial charge on any atom is -0.454 e. The highest BCUT2D eigenvalue weighted by Gasteiger charge is 2.33. The first-order valence-corrected chi connectivity index (χ1v) is 8.33. The first-order valence-electron chi connectivity index (χ1n) is 7.95. The lowest BCUT2D eigenvalue weighted by Gasteiger charge is -2.10. The van der Waals surface area contributed by atoms with E-state index in [1.165, 1.54) is 31.2 Å². The molecule has 0 atom stereocenters. The summed E-state index contributed by atoms with van der Waals surface area (Å²) >= 11 is 5.57. The largest absolute Gasteiger partial charge is 0.454 e. The third kappa shape index (κ3) is 4.28. The molecular weight excluding hydrogens is 399 g/mol. The van der Waals surface area contributed by atoms with Crippen LogP contribution in [0.5, 0.6) is 11.5 Å². The van der Waals surface area contributed by atoms with Gasteiger partial charge in [0, 0.05) is 17.7 Å². The number of alkyl halides is 3. The number of nitrogens with one attached hydrogen (secondary N) is 1. The van der Waals surface area contributed by atoms with Gasteiger partial charge in [0.15, 0.2) is 17.3 Å². The molecule has 1 aliphatic heterocycles. The van der Waals surface area contributed by atoms with E-state index in [0.29, 0.717) is 11.5 Å². The molecule has 1 aliphatic rings. The summed E-state index contributed by atoms with van der Waals surface area (Å²) in [6, 6.07) is 6.21. The first-order chi connectivity index (χ1) is 13.1. The van der Waals surface area contributed by atoms with E-state index in [4.69, 9.17) is 21.1 Å². The Bertz CT molecular complexity index is 986. The van der Waals surface area contributed by atoms with Gasteiger partial charge in [-0.05, 0) is 36.8 Å². The summed E-state index contributed by atoms with van der Waals surface area (Å²) in [5.41, 5.74) is -0.425. The maximum atomic E-state index is 12.9. The predicted molar refractivity (Wildman–Crippen MR) is 96.7 cm³/mol. The Morgan fingerprint density at radius 1 is 1.14 bits per heavy atom. The molecule has 0 bridgehead atoms. The van der Waals surface area contributed by atoms with Crippen molar-refractivity contribution < 1.29 is 32.2 Å². The van der Waals surface area contributed by atoms with E-state index in [1.54, 1.807) is 0 Å². The van der Waals surface area contributed by atoms with E-state index in [1.807, 2.05) is 0 Å². The minimum absolute atomic E-state index is 0.00207. The number of ketones is 1. The smallest absolute Gasteiger partial charge is 0.417 e. The summed E-state index contributed by atoms with van der Waals surface area (Å²) in [6.07, 6.45) is -2.34. The molecule has 3 rings (SSSR count). The minimum atomic E-state index is -4.61. The van der Waals surface area contributed by atoms with E-state index in [2.05, 4.69) is 5.32 Å². The second-order valence-corrected chi connectivity index (χ2v) is 6.27. The van der Waals surface area contributed by atoms with Crippen molar-refractivity contribution in [1.29, 1.82) is 0 Å². The summed E-state index contributed by atoms with van der Waals surface area (Å²) in [4.78, 5) is 24.0. The molecule has 0 aromatic heterocycles. The number of rotatable bonds is 4. The molecule has 9 heteroatoms. The number of carbonyl (C=O) groups is 2. The first kappa shape index (κ1) is 19.8. The third-order valence-electron chi connectivity index (χ3n) is 3.87. The molecular formula is C19H13ClF3NO4. The highest BCUT2D eigenvalue weighted by molar-refractivity contribution is 6.31. The van der Waals surface area contributed by atoms with Gasteiger partial charge in [0.1, 0.15) is 0 Å². The van der Waals surface area contributed by atoms with Crippen LogP contribution in [0.1, 0.15) is 28.4 Å². The highest BCUT2D eigenvalue weighted by atomic mass is 35.5. The van der Waals surface area contributed by atoms with Gasteiger partial charge in [0.2, 0.25) is 12.7 Å². The number of benzene rings is 2. The Labute approximate surface area is 162 Å². The van der Waals surface area contributed by atoms with Crippen LogP contribution in [0.4, 0.5) is 18.9 Å². The zero-order valence-electron chi connectivity index (χ0n) is 14.4. The number of halogens is 4. The monoisotopic (exact) mass is 411 g/mol. The second kappa shape index (κ2) is 7.55. The van der Waals surface area contributed by atoms with Crippen LogP contribution in [0, 0.1) is 0 Å². The van der Waals surface area contributed by atoms with E-state index < -0.39 is 22.7 Å². The van der Waals surface area contributed by atoms with E-state index in [0.717, 1.165) is 18.2 Å². The second-order valence-electron chi connectivity index (χ2n) is 5.87. The lowest BCUT2D eigenvalue weighted by molar-refractivity contribution is -0.137. The molecule has 146 valence electrons. The van der Waals surface area contributed by atoms with Crippen molar-refractivity contribution in [2.24, 2.45) is 0 Å². The zero-order valence-corrected chi connectivity index (χ0v) is 15.1. The Balaban J connectivity index is 1.81. The van der Waals surface area contributed by atoms with Crippen LogP contribution in [0.25, 0.3) is 6.08 Å². The summed E-state index contributed by atoms with van der Waals surface area (Å²) in [6.45, 7) is 1.33. The number of ether oxygens (including phenoxy) is 2. The van der Waals surface area contributed by atoms with Gasteiger partial charge < -0.3 is 14.8 Å². The number of amides is 1. The van der Waals surface area contributed by atoms with Crippen LogP contribution in [0.15, 0.2) is 36.4 Å². The molecule has 0 fully saturated rings. The molecule has 2 aromatic rings. The van der Waals surface area contributed by atoms with Crippen LogP contribution in [-0.2, 0) is 11.0 Å². The fourth-order valence-electron chi connectivity index (χ4n) is 2.55. The quantitative estimate of drug-likeness (QED) is 0.571. The molecule has 0 aliphatic carbocycles. The fourth-order valence-corrected chi connectivity index (χ4v) is 2.77. The summed E-state index contributed by atoms with van der Waals surface area (Å²) in [5.74, 6) is -0.175. The van der Waals surface area contributed by atoms with Crippen molar-refractivity contribution >= 4 is 35.1 Å². The fraction of sp³-hybridized carbons (Fsp3) is 0.158. The molecule has 0 saturated heterocycles. The number of carbonyl (C=O) groups excluding carboxylic acids is 2. The van der Waals surface area contributed by atoms with E-state index in [-0.39, 0.29) is 29.4 Å². The number of Topliss-reactive ketones (excluding diaryl/α,β-unsaturated/α-hetero) is 1. The molecule has 1 heterocycles. The normalized spacial score (nSPS) is 13.0. The summed E-state index contributed by atoms with van der Waals surface area (Å²) < 4.78 is 49.1. The van der Waals surface area contributed by atoms with Crippen molar-refractivity contribution in [3.8, 4) is 11.5 Å². The van der Waals surface area contributed by atoms with Gasteiger partial charge >= 0.3 is 6.18 Å². The van der Waals surface area contributed by atoms with Crippen LogP contribution in [0.2, 0.25) is 5.02 Å². The summed E-state index contributed by atoms with van der Waals surface area (Å²) in [7, 11) is 0. The average molecular weight is 412 g/mol. The van der Waals surface area contributed by atoms with Crippen LogP contribution in [-0.4, -0.2) is 18.5 Å². The SMILES string of the molecule is CC(=O)c1cc2c(cc1NC(=O)/C=C/c1ccc(Cl)c(C(F)(F)F)c1)OCO2. The van der Waals surface area contributed by atoms with Gasteiger partial charge in [-0.25, -0.2) is 0 Å². The molecule has 1 N–H and O–H groups in total. The molecule has 2 aromatic carbocycles. The Hall–Kier alpha value is -3.00. The van der Waals surface area contributed by atoms with Crippen LogP contribution in [0.3, 0.4) is 0 Å². The van der Waals surface area contributed by atoms with Gasteiger partial charge in [-0.15, -0.1) is 0 Å². The van der Waals surface area contributed by atoms with Gasteiger partial charge in [0.05, 0.1) is 16.3 Å². The number of hydrogen-bond acceptors (Lipinski definition) is 4. The molecule has 1 amide bonds. The van der Waals surface area contributed by atoms with E-state index >= 15 is 0 Å². The predicted octanol–water partition coefficient (Wildman–Crippen LogP) is 4.94. The summed E-state index contributed by atoms with van der Waals surface area (Å²) in [5, 5.41) is 2.09.